The molecule has 1 aliphatic carbocycles. The van der Waals surface area contributed by atoms with E-state index in [1.54, 1.807) is 7.11 Å². The smallest absolute Gasteiger partial charge is 0.287 e. The van der Waals surface area contributed by atoms with Gasteiger partial charge in [0.1, 0.15) is 5.76 Å². The molecule has 25 heavy (non-hydrogen) atoms. The Labute approximate surface area is 147 Å². The first-order valence-corrected chi connectivity index (χ1v) is 8.48. The van der Waals surface area contributed by atoms with Crippen LogP contribution in [0.2, 0.25) is 0 Å². The molecule has 0 fully saturated rings. The van der Waals surface area contributed by atoms with E-state index < -0.39 is 0 Å². The van der Waals surface area contributed by atoms with Crippen LogP contribution in [0.15, 0.2) is 39.9 Å². The lowest BCUT2D eigenvalue weighted by molar-refractivity contribution is 0.0907. The van der Waals surface area contributed by atoms with Gasteiger partial charge in [0.05, 0.1) is 18.0 Å². The minimum absolute atomic E-state index is 0.209. The normalized spacial score (nSPS) is 15.0. The number of para-hydroxylation sites is 1. The molecule has 2 aromatic rings. The number of benzene rings is 1. The second-order valence-corrected chi connectivity index (χ2v) is 5.99. The Hall–Kier alpha value is -2.60. The van der Waals surface area contributed by atoms with Crippen LogP contribution in [-0.2, 0) is 11.2 Å². The summed E-state index contributed by atoms with van der Waals surface area (Å²) >= 11 is 0. The van der Waals surface area contributed by atoms with Crippen molar-refractivity contribution in [3.63, 3.8) is 0 Å². The van der Waals surface area contributed by atoms with Crippen molar-refractivity contribution in [3.8, 4) is 0 Å². The lowest BCUT2D eigenvalue weighted by atomic mass is 9.93. The molecule has 1 heterocycles. The number of anilines is 1. The molecule has 132 valence electrons. The molecule has 3 rings (SSSR count). The molecular formula is C19H23N3O3. The number of fused-ring (bicyclic) bond motifs is 1. The van der Waals surface area contributed by atoms with Gasteiger partial charge in [0.15, 0.2) is 5.76 Å². The monoisotopic (exact) mass is 341 g/mol. The highest BCUT2D eigenvalue weighted by Gasteiger charge is 2.27. The Kier molecular flexibility index (Phi) is 5.50. The van der Waals surface area contributed by atoms with Gasteiger partial charge in [-0.3, -0.25) is 10.2 Å². The number of hydrogen-bond acceptors (Lipinski definition) is 5. The van der Waals surface area contributed by atoms with E-state index in [4.69, 9.17) is 9.15 Å². The number of hydrazone groups is 1. The van der Waals surface area contributed by atoms with E-state index in [1.165, 1.54) is 0 Å². The molecule has 1 aromatic carbocycles. The number of furan rings is 1. The Morgan fingerprint density at radius 2 is 2.08 bits per heavy atom. The molecule has 0 radical (unpaired) electrons. The molecule has 0 spiro atoms. The van der Waals surface area contributed by atoms with Gasteiger partial charge in [-0.1, -0.05) is 18.2 Å². The van der Waals surface area contributed by atoms with Crippen molar-refractivity contribution in [1.82, 2.24) is 5.32 Å². The molecule has 0 unspecified atom stereocenters. The summed E-state index contributed by atoms with van der Waals surface area (Å²) in [6, 6.07) is 9.81. The van der Waals surface area contributed by atoms with E-state index in [-0.39, 0.29) is 5.91 Å². The molecule has 0 saturated carbocycles. The van der Waals surface area contributed by atoms with Gasteiger partial charge in [0.25, 0.3) is 5.91 Å². The second-order valence-electron chi connectivity index (χ2n) is 5.99. The lowest BCUT2D eigenvalue weighted by Gasteiger charge is -2.13. The summed E-state index contributed by atoms with van der Waals surface area (Å²) in [5.41, 5.74) is 6.77. The van der Waals surface area contributed by atoms with Gasteiger partial charge in [-0.2, -0.15) is 5.10 Å². The maximum absolute atomic E-state index is 12.3. The number of hydrogen-bond donors (Lipinski definition) is 2. The zero-order valence-electron chi connectivity index (χ0n) is 14.6. The molecule has 0 bridgehead atoms. The van der Waals surface area contributed by atoms with Gasteiger partial charge in [-0.15, -0.1) is 0 Å². The first-order chi connectivity index (χ1) is 12.2. The molecule has 0 aliphatic heterocycles. The third-order valence-corrected chi connectivity index (χ3v) is 4.22. The topological polar surface area (TPSA) is 75.9 Å². The summed E-state index contributed by atoms with van der Waals surface area (Å²) in [5, 5.41) is 7.37. The fraction of sp³-hybridized carbons (Fsp3) is 0.368. The molecule has 6 nitrogen and oxygen atoms in total. The van der Waals surface area contributed by atoms with E-state index in [2.05, 4.69) is 15.8 Å². The van der Waals surface area contributed by atoms with Crippen molar-refractivity contribution < 1.29 is 13.9 Å². The number of amides is 1. The van der Waals surface area contributed by atoms with Crippen molar-refractivity contribution in [2.75, 3.05) is 25.7 Å². The van der Waals surface area contributed by atoms with Crippen LogP contribution in [0.25, 0.3) is 0 Å². The van der Waals surface area contributed by atoms with E-state index in [9.17, 15) is 4.79 Å². The van der Waals surface area contributed by atoms with E-state index in [0.29, 0.717) is 18.9 Å². The molecule has 0 saturated heterocycles. The highest BCUT2D eigenvalue weighted by molar-refractivity contribution is 6.06. The van der Waals surface area contributed by atoms with E-state index >= 15 is 0 Å². The quantitative estimate of drug-likeness (QED) is 0.625. The van der Waals surface area contributed by atoms with Crippen molar-refractivity contribution in [3.05, 3.63) is 53.0 Å². The summed E-state index contributed by atoms with van der Waals surface area (Å²) in [5.74, 6) is 1.00. The Morgan fingerprint density at radius 3 is 2.84 bits per heavy atom. The number of carbonyl (C=O) groups excluding carboxylic acids is 1. The van der Waals surface area contributed by atoms with Gasteiger partial charge in [0.2, 0.25) is 0 Å². The number of carbonyl (C=O) groups is 1. The molecule has 1 amide bonds. The first kappa shape index (κ1) is 17.2. The number of methoxy groups -OCH3 is 1. The predicted molar refractivity (Wildman–Crippen MR) is 97.2 cm³/mol. The Balaban J connectivity index is 1.82. The SMILES string of the molecule is COCCNC(=O)c1oc2c(c1C)/C(=N/Nc1ccccc1)CCC2. The predicted octanol–water partition coefficient (Wildman–Crippen LogP) is 3.12. The van der Waals surface area contributed by atoms with Crippen molar-refractivity contribution >= 4 is 17.3 Å². The van der Waals surface area contributed by atoms with Crippen LogP contribution in [-0.4, -0.2) is 31.9 Å². The average molecular weight is 341 g/mol. The summed E-state index contributed by atoms with van der Waals surface area (Å²) in [4.78, 5) is 12.3. The molecule has 2 N–H and O–H groups in total. The lowest BCUT2D eigenvalue weighted by Crippen LogP contribution is -2.27. The van der Waals surface area contributed by atoms with Crippen LogP contribution < -0.4 is 10.7 Å². The largest absolute Gasteiger partial charge is 0.455 e. The third-order valence-electron chi connectivity index (χ3n) is 4.22. The molecule has 0 atom stereocenters. The number of aryl methyl sites for hydroxylation is 1. The highest BCUT2D eigenvalue weighted by Crippen LogP contribution is 2.30. The molecule has 6 heteroatoms. The van der Waals surface area contributed by atoms with Gasteiger partial charge in [-0.25, -0.2) is 0 Å². The standard InChI is InChI=1S/C19H23N3O3/c1-13-17-15(22-21-14-7-4-3-5-8-14)9-6-10-16(17)25-18(13)19(23)20-11-12-24-2/h3-5,7-8,21H,6,9-12H2,1-2H3,(H,20,23)/b22-15+. The fourth-order valence-corrected chi connectivity index (χ4v) is 2.99. The maximum Gasteiger partial charge on any atom is 0.287 e. The Bertz CT molecular complexity index is 766. The van der Waals surface area contributed by atoms with Crippen molar-refractivity contribution in [2.45, 2.75) is 26.2 Å². The number of rotatable bonds is 6. The molecular weight excluding hydrogens is 318 g/mol. The summed E-state index contributed by atoms with van der Waals surface area (Å²) in [6.45, 7) is 2.84. The molecule has 1 aromatic heterocycles. The van der Waals surface area contributed by atoms with Crippen LogP contribution in [0.4, 0.5) is 5.69 Å². The van der Waals surface area contributed by atoms with E-state index in [1.807, 2.05) is 37.3 Å². The summed E-state index contributed by atoms with van der Waals surface area (Å²) < 4.78 is 10.8. The van der Waals surface area contributed by atoms with Crippen LogP contribution >= 0.6 is 0 Å². The van der Waals surface area contributed by atoms with Crippen LogP contribution in [0, 0.1) is 6.92 Å². The third kappa shape index (κ3) is 3.91. The van der Waals surface area contributed by atoms with Crippen LogP contribution in [0.5, 0.6) is 0 Å². The average Bonchev–Trinajstić information content (AvgIpc) is 2.98. The van der Waals surface area contributed by atoms with Gasteiger partial charge >= 0.3 is 0 Å². The van der Waals surface area contributed by atoms with Gasteiger partial charge in [-0.05, 0) is 31.9 Å². The van der Waals surface area contributed by atoms with Gasteiger partial charge < -0.3 is 14.5 Å². The Morgan fingerprint density at radius 1 is 1.28 bits per heavy atom. The minimum atomic E-state index is -0.209. The molecule has 1 aliphatic rings. The van der Waals surface area contributed by atoms with Crippen molar-refractivity contribution in [1.29, 1.82) is 0 Å². The zero-order chi connectivity index (χ0) is 17.6. The minimum Gasteiger partial charge on any atom is -0.455 e. The van der Waals surface area contributed by atoms with Gasteiger partial charge in [0, 0.05) is 31.2 Å². The maximum atomic E-state index is 12.3. The summed E-state index contributed by atoms with van der Waals surface area (Å²) in [7, 11) is 1.60. The van der Waals surface area contributed by atoms with Crippen LogP contribution in [0.3, 0.4) is 0 Å². The highest BCUT2D eigenvalue weighted by atomic mass is 16.5. The van der Waals surface area contributed by atoms with E-state index in [0.717, 1.165) is 47.5 Å². The number of ether oxygens (including phenoxy) is 1. The van der Waals surface area contributed by atoms with Crippen LogP contribution in [0.1, 0.15) is 40.3 Å². The first-order valence-electron chi connectivity index (χ1n) is 8.48. The zero-order valence-corrected chi connectivity index (χ0v) is 14.6. The second kappa shape index (κ2) is 7.98. The fourth-order valence-electron chi connectivity index (χ4n) is 2.99. The number of nitrogens with one attached hydrogen (secondary N) is 2. The van der Waals surface area contributed by atoms with Crippen molar-refractivity contribution in [2.24, 2.45) is 5.10 Å². The summed E-state index contributed by atoms with van der Waals surface area (Å²) in [6.07, 6.45) is 2.64. The number of nitrogens with zero attached hydrogens (tertiary/aromatic N) is 1.